The molecular weight excluding hydrogens is 268 g/mol. The van der Waals surface area contributed by atoms with Crippen molar-refractivity contribution >= 4 is 17.2 Å². The number of carbonyl (C=O) groups excluding carboxylic acids is 1. The fourth-order valence-electron chi connectivity index (χ4n) is 3.60. The van der Waals surface area contributed by atoms with Gasteiger partial charge in [-0.15, -0.1) is 6.58 Å². The molecule has 3 heterocycles. The Bertz CT molecular complexity index is 485. The van der Waals surface area contributed by atoms with Crippen molar-refractivity contribution in [1.29, 1.82) is 0 Å². The molecule has 0 N–H and O–H groups in total. The molecule has 2 aliphatic rings. The normalized spacial score (nSPS) is 27.4. The molecule has 0 bridgehead atoms. The van der Waals surface area contributed by atoms with Gasteiger partial charge in [0.2, 0.25) is 5.91 Å². The standard InChI is InChI=1S/C16H22N2OS/c1-2-7-18-9-6-16(15(18)19)5-3-8-17(13-16)11-14-4-10-20-12-14/h2,4,10,12H,1,3,5-9,11,13H2. The van der Waals surface area contributed by atoms with Crippen LogP contribution in [0.5, 0.6) is 0 Å². The van der Waals surface area contributed by atoms with Crippen LogP contribution in [0.2, 0.25) is 0 Å². The Morgan fingerprint density at radius 2 is 2.30 bits per heavy atom. The molecule has 1 unspecified atom stereocenters. The first kappa shape index (κ1) is 13.8. The summed E-state index contributed by atoms with van der Waals surface area (Å²) in [7, 11) is 0. The number of rotatable bonds is 4. The summed E-state index contributed by atoms with van der Waals surface area (Å²) in [6, 6.07) is 2.19. The van der Waals surface area contributed by atoms with E-state index in [-0.39, 0.29) is 5.41 Å². The summed E-state index contributed by atoms with van der Waals surface area (Å²) in [6.07, 6.45) is 5.04. The average molecular weight is 290 g/mol. The fourth-order valence-corrected chi connectivity index (χ4v) is 4.26. The van der Waals surface area contributed by atoms with E-state index in [9.17, 15) is 4.79 Å². The number of carbonyl (C=O) groups is 1. The van der Waals surface area contributed by atoms with Gasteiger partial charge in [-0.3, -0.25) is 9.69 Å². The Labute approximate surface area is 124 Å². The van der Waals surface area contributed by atoms with E-state index in [1.54, 1.807) is 11.3 Å². The third-order valence-electron chi connectivity index (χ3n) is 4.59. The van der Waals surface area contributed by atoms with E-state index >= 15 is 0 Å². The quantitative estimate of drug-likeness (QED) is 0.796. The number of piperidine rings is 1. The monoisotopic (exact) mass is 290 g/mol. The number of hydrogen-bond acceptors (Lipinski definition) is 3. The number of amides is 1. The number of likely N-dealkylation sites (tertiary alicyclic amines) is 2. The van der Waals surface area contributed by atoms with Crippen LogP contribution in [0.1, 0.15) is 24.8 Å². The second-order valence-corrected chi connectivity index (χ2v) is 6.80. The summed E-state index contributed by atoms with van der Waals surface area (Å²) < 4.78 is 0. The molecule has 0 radical (unpaired) electrons. The third-order valence-corrected chi connectivity index (χ3v) is 5.32. The van der Waals surface area contributed by atoms with Crippen LogP contribution in [0.4, 0.5) is 0 Å². The summed E-state index contributed by atoms with van der Waals surface area (Å²) in [6.45, 7) is 8.38. The van der Waals surface area contributed by atoms with E-state index in [4.69, 9.17) is 0 Å². The van der Waals surface area contributed by atoms with Gasteiger partial charge in [0.05, 0.1) is 5.41 Å². The lowest BCUT2D eigenvalue weighted by Crippen LogP contribution is -2.47. The highest BCUT2D eigenvalue weighted by molar-refractivity contribution is 7.07. The van der Waals surface area contributed by atoms with E-state index in [0.29, 0.717) is 12.5 Å². The van der Waals surface area contributed by atoms with Crippen LogP contribution in [0.25, 0.3) is 0 Å². The highest BCUT2D eigenvalue weighted by atomic mass is 32.1. The van der Waals surface area contributed by atoms with Gasteiger partial charge in [-0.1, -0.05) is 6.08 Å². The Hall–Kier alpha value is -1.13. The van der Waals surface area contributed by atoms with Gasteiger partial charge in [-0.25, -0.2) is 0 Å². The Morgan fingerprint density at radius 3 is 3.05 bits per heavy atom. The van der Waals surface area contributed by atoms with Crippen molar-refractivity contribution in [2.24, 2.45) is 5.41 Å². The van der Waals surface area contributed by atoms with Crippen LogP contribution in [0.3, 0.4) is 0 Å². The van der Waals surface area contributed by atoms with E-state index in [1.165, 1.54) is 5.56 Å². The van der Waals surface area contributed by atoms with E-state index in [1.807, 2.05) is 11.0 Å². The second kappa shape index (κ2) is 5.70. The summed E-state index contributed by atoms with van der Waals surface area (Å²) >= 11 is 1.75. The average Bonchev–Trinajstić information content (AvgIpc) is 3.04. The zero-order chi connectivity index (χ0) is 14.0. The van der Waals surface area contributed by atoms with Gasteiger partial charge < -0.3 is 4.90 Å². The summed E-state index contributed by atoms with van der Waals surface area (Å²) in [5, 5.41) is 4.34. The van der Waals surface area contributed by atoms with Crippen molar-refractivity contribution in [3.8, 4) is 0 Å². The van der Waals surface area contributed by atoms with Crippen molar-refractivity contribution < 1.29 is 4.79 Å². The molecule has 3 rings (SSSR count). The zero-order valence-corrected chi connectivity index (χ0v) is 12.7. The highest BCUT2D eigenvalue weighted by Gasteiger charge is 2.48. The van der Waals surface area contributed by atoms with Gasteiger partial charge in [-0.2, -0.15) is 11.3 Å². The van der Waals surface area contributed by atoms with Crippen molar-refractivity contribution in [2.45, 2.75) is 25.8 Å². The third kappa shape index (κ3) is 2.54. The van der Waals surface area contributed by atoms with Crippen LogP contribution < -0.4 is 0 Å². The maximum absolute atomic E-state index is 12.7. The maximum Gasteiger partial charge on any atom is 0.230 e. The summed E-state index contributed by atoms with van der Waals surface area (Å²) in [4.78, 5) is 17.1. The predicted molar refractivity (Wildman–Crippen MR) is 82.7 cm³/mol. The first-order chi connectivity index (χ1) is 9.73. The number of hydrogen-bond donors (Lipinski definition) is 0. The molecule has 20 heavy (non-hydrogen) atoms. The van der Waals surface area contributed by atoms with Crippen LogP contribution in [-0.2, 0) is 11.3 Å². The smallest absolute Gasteiger partial charge is 0.230 e. The first-order valence-electron chi connectivity index (χ1n) is 7.37. The summed E-state index contributed by atoms with van der Waals surface area (Å²) in [5.74, 6) is 0.354. The first-order valence-corrected chi connectivity index (χ1v) is 8.31. The minimum atomic E-state index is -0.114. The lowest BCUT2D eigenvalue weighted by Gasteiger charge is -2.39. The largest absolute Gasteiger partial charge is 0.338 e. The second-order valence-electron chi connectivity index (χ2n) is 6.02. The molecule has 108 valence electrons. The van der Waals surface area contributed by atoms with Gasteiger partial charge in [-0.05, 0) is 48.2 Å². The van der Waals surface area contributed by atoms with Crippen molar-refractivity contribution in [2.75, 3.05) is 26.2 Å². The molecule has 0 aliphatic carbocycles. The summed E-state index contributed by atoms with van der Waals surface area (Å²) in [5.41, 5.74) is 1.26. The molecular formula is C16H22N2OS. The van der Waals surface area contributed by atoms with Crippen LogP contribution in [-0.4, -0.2) is 41.9 Å². The van der Waals surface area contributed by atoms with Gasteiger partial charge >= 0.3 is 0 Å². The van der Waals surface area contributed by atoms with E-state index in [0.717, 1.165) is 45.4 Å². The molecule has 2 fully saturated rings. The predicted octanol–water partition coefficient (Wildman–Crippen LogP) is 2.75. The molecule has 1 atom stereocenters. The lowest BCUT2D eigenvalue weighted by molar-refractivity contribution is -0.138. The minimum absolute atomic E-state index is 0.114. The topological polar surface area (TPSA) is 23.6 Å². The number of nitrogens with zero attached hydrogens (tertiary/aromatic N) is 2. The Morgan fingerprint density at radius 1 is 1.40 bits per heavy atom. The van der Waals surface area contributed by atoms with Gasteiger partial charge in [0.25, 0.3) is 0 Å². The van der Waals surface area contributed by atoms with Crippen molar-refractivity contribution in [3.63, 3.8) is 0 Å². The molecule has 3 nitrogen and oxygen atoms in total. The van der Waals surface area contributed by atoms with Crippen LogP contribution >= 0.6 is 11.3 Å². The lowest BCUT2D eigenvalue weighted by atomic mass is 9.78. The molecule has 1 aromatic rings. The Kier molecular flexibility index (Phi) is 3.94. The molecule has 2 aliphatic heterocycles. The molecule has 2 saturated heterocycles. The minimum Gasteiger partial charge on any atom is -0.338 e. The molecule has 0 aromatic carbocycles. The molecule has 1 spiro atoms. The highest BCUT2D eigenvalue weighted by Crippen LogP contribution is 2.40. The molecule has 1 aromatic heterocycles. The maximum atomic E-state index is 12.7. The molecule has 1 amide bonds. The van der Waals surface area contributed by atoms with Gasteiger partial charge in [0.15, 0.2) is 0 Å². The van der Waals surface area contributed by atoms with E-state index < -0.39 is 0 Å². The zero-order valence-electron chi connectivity index (χ0n) is 11.9. The van der Waals surface area contributed by atoms with Gasteiger partial charge in [0.1, 0.15) is 0 Å². The number of thiophene rings is 1. The SMILES string of the molecule is C=CCN1CCC2(CCCN(Cc3ccsc3)C2)C1=O. The van der Waals surface area contributed by atoms with Crippen LogP contribution in [0, 0.1) is 5.41 Å². The van der Waals surface area contributed by atoms with E-state index in [2.05, 4.69) is 28.3 Å². The molecule has 0 saturated carbocycles. The Balaban J connectivity index is 1.68. The van der Waals surface area contributed by atoms with Crippen molar-refractivity contribution in [3.05, 3.63) is 35.0 Å². The van der Waals surface area contributed by atoms with Gasteiger partial charge in [0, 0.05) is 26.2 Å². The fraction of sp³-hybridized carbons (Fsp3) is 0.562. The molecule has 4 heteroatoms. The van der Waals surface area contributed by atoms with Crippen LogP contribution in [0.15, 0.2) is 29.5 Å². The van der Waals surface area contributed by atoms with Crippen molar-refractivity contribution in [1.82, 2.24) is 9.80 Å².